The molecule has 0 spiro atoms. The molecule has 0 aromatic carbocycles. The number of allylic oxidation sites excluding steroid dienone is 1. The number of fused-ring (bicyclic) bond motifs is 2. The molecule has 2 fully saturated rings. The SMILES string of the molecule is CO.Cc1nc(C23CCC(C)(C2)OC3)cn1/C=C(C=O)\C(=C\F)OC(C)C. The Morgan fingerprint density at radius 2 is 2.15 bits per heavy atom. The number of aliphatic hydroxyl groups excluding tert-OH is 1. The van der Waals surface area contributed by atoms with Gasteiger partial charge in [-0.05, 0) is 47.0 Å². The lowest BCUT2D eigenvalue weighted by atomic mass is 9.84. The highest BCUT2D eigenvalue weighted by Crippen LogP contribution is 2.53. The van der Waals surface area contributed by atoms with Gasteiger partial charge in [-0.25, -0.2) is 9.37 Å². The number of aliphatic hydroxyl groups is 1. The number of aryl methyl sites for hydroxylation is 1. The van der Waals surface area contributed by atoms with Gasteiger partial charge in [0.1, 0.15) is 12.2 Å². The number of carbonyl (C=O) groups excluding carboxylic acids is 1. The van der Waals surface area contributed by atoms with Crippen molar-refractivity contribution in [3.05, 3.63) is 35.4 Å². The molecule has 2 unspecified atom stereocenters. The van der Waals surface area contributed by atoms with Gasteiger partial charge in [0, 0.05) is 24.9 Å². The van der Waals surface area contributed by atoms with E-state index in [4.69, 9.17) is 19.6 Å². The second kappa shape index (κ2) is 8.35. The molecule has 1 N–H and O–H groups in total. The summed E-state index contributed by atoms with van der Waals surface area (Å²) >= 11 is 0. The maximum absolute atomic E-state index is 13.1. The minimum absolute atomic E-state index is 0.0449. The molecule has 3 rings (SSSR count). The van der Waals surface area contributed by atoms with Crippen molar-refractivity contribution < 1.29 is 23.8 Å². The Hall–Kier alpha value is -1.99. The van der Waals surface area contributed by atoms with Crippen LogP contribution in [0.2, 0.25) is 0 Å². The van der Waals surface area contributed by atoms with E-state index in [2.05, 4.69) is 6.92 Å². The van der Waals surface area contributed by atoms with Crippen molar-refractivity contribution in [1.29, 1.82) is 0 Å². The van der Waals surface area contributed by atoms with Gasteiger partial charge in [-0.3, -0.25) is 4.79 Å². The number of hydrogen-bond donors (Lipinski definition) is 1. The first kappa shape index (κ1) is 21.3. The Kier molecular flexibility index (Phi) is 6.59. The summed E-state index contributed by atoms with van der Waals surface area (Å²) in [6.45, 7) is 8.25. The van der Waals surface area contributed by atoms with Crippen molar-refractivity contribution in [3.8, 4) is 0 Å². The monoisotopic (exact) mass is 380 g/mol. The minimum Gasteiger partial charge on any atom is -0.488 e. The Morgan fingerprint density at radius 1 is 1.44 bits per heavy atom. The molecule has 6 nitrogen and oxygen atoms in total. The smallest absolute Gasteiger partial charge is 0.159 e. The number of rotatable bonds is 6. The third-order valence-corrected chi connectivity index (χ3v) is 5.15. The number of ether oxygens (including phenoxy) is 2. The third kappa shape index (κ3) is 4.30. The molecule has 0 amide bonds. The standard InChI is InChI=1S/C19H25FN2O3.CH4O/c1-13(2)25-16(7-20)15(10-23)8-22-9-17(21-14(22)3)19-6-5-18(4,11-19)24-12-19;1-2/h7-10,13H,5-6,11-12H2,1-4H3;2H,1H3/b15-8-,16-7-;. The van der Waals surface area contributed by atoms with Gasteiger partial charge in [0.25, 0.3) is 0 Å². The van der Waals surface area contributed by atoms with Crippen LogP contribution >= 0.6 is 0 Å². The van der Waals surface area contributed by atoms with E-state index in [1.54, 1.807) is 24.6 Å². The van der Waals surface area contributed by atoms with Crippen LogP contribution < -0.4 is 0 Å². The number of hydrogen-bond acceptors (Lipinski definition) is 5. The van der Waals surface area contributed by atoms with E-state index >= 15 is 0 Å². The molecule has 1 aliphatic carbocycles. The maximum atomic E-state index is 13.1. The van der Waals surface area contributed by atoms with Gasteiger partial charge < -0.3 is 19.1 Å². The zero-order chi connectivity index (χ0) is 20.2. The van der Waals surface area contributed by atoms with Crippen LogP contribution in [-0.4, -0.2) is 46.4 Å². The summed E-state index contributed by atoms with van der Waals surface area (Å²) in [5.41, 5.74) is 1.02. The molecule has 1 aromatic heterocycles. The molecule has 0 radical (unpaired) electrons. The number of aldehydes is 1. The van der Waals surface area contributed by atoms with E-state index in [1.165, 1.54) is 0 Å². The normalized spacial score (nSPS) is 27.6. The third-order valence-electron chi connectivity index (χ3n) is 5.15. The number of carbonyl (C=O) groups is 1. The summed E-state index contributed by atoms with van der Waals surface area (Å²) in [5, 5.41) is 7.00. The van der Waals surface area contributed by atoms with Crippen LogP contribution in [0.4, 0.5) is 4.39 Å². The van der Waals surface area contributed by atoms with Gasteiger partial charge in [0.05, 0.1) is 29.6 Å². The Balaban J connectivity index is 0.00000126. The minimum atomic E-state index is -0.226. The van der Waals surface area contributed by atoms with E-state index in [0.717, 1.165) is 37.9 Å². The molecule has 1 aromatic rings. The van der Waals surface area contributed by atoms with Crippen LogP contribution in [0, 0.1) is 6.92 Å². The van der Waals surface area contributed by atoms with E-state index in [-0.39, 0.29) is 28.5 Å². The quantitative estimate of drug-likeness (QED) is 0.355. The lowest BCUT2D eigenvalue weighted by Gasteiger charge is -2.24. The van der Waals surface area contributed by atoms with E-state index < -0.39 is 0 Å². The molecular weight excluding hydrogens is 351 g/mol. The highest BCUT2D eigenvalue weighted by molar-refractivity contribution is 5.83. The van der Waals surface area contributed by atoms with Crippen molar-refractivity contribution in [2.45, 2.75) is 64.1 Å². The summed E-state index contributed by atoms with van der Waals surface area (Å²) in [6.07, 6.45) is 7.22. The topological polar surface area (TPSA) is 73.6 Å². The summed E-state index contributed by atoms with van der Waals surface area (Å²) in [7, 11) is 1.00. The Morgan fingerprint density at radius 3 is 2.59 bits per heavy atom. The summed E-state index contributed by atoms with van der Waals surface area (Å²) in [5.74, 6) is 0.669. The van der Waals surface area contributed by atoms with Crippen molar-refractivity contribution >= 4 is 12.5 Å². The van der Waals surface area contributed by atoms with Gasteiger partial charge in [-0.15, -0.1) is 0 Å². The number of imidazole rings is 1. The Bertz CT molecular complexity index is 728. The molecule has 27 heavy (non-hydrogen) atoms. The molecule has 1 aliphatic heterocycles. The highest BCUT2D eigenvalue weighted by Gasteiger charge is 2.55. The van der Waals surface area contributed by atoms with Gasteiger partial charge >= 0.3 is 0 Å². The molecule has 2 heterocycles. The second-order valence-corrected chi connectivity index (χ2v) is 7.62. The summed E-state index contributed by atoms with van der Waals surface area (Å²) in [6, 6.07) is 0. The molecule has 1 saturated carbocycles. The average molecular weight is 380 g/mol. The lowest BCUT2D eigenvalue weighted by molar-refractivity contribution is -0.105. The first-order valence-corrected chi connectivity index (χ1v) is 9.10. The van der Waals surface area contributed by atoms with Crippen LogP contribution in [0.3, 0.4) is 0 Å². The second-order valence-electron chi connectivity index (χ2n) is 7.62. The molecule has 2 aliphatic rings. The van der Waals surface area contributed by atoms with Crippen molar-refractivity contribution in [1.82, 2.24) is 9.55 Å². The fourth-order valence-electron chi connectivity index (χ4n) is 3.83. The van der Waals surface area contributed by atoms with Gasteiger partial charge in [0.2, 0.25) is 0 Å². The molecule has 150 valence electrons. The lowest BCUT2D eigenvalue weighted by Crippen LogP contribution is -2.26. The van der Waals surface area contributed by atoms with Crippen LogP contribution in [0.25, 0.3) is 6.20 Å². The highest BCUT2D eigenvalue weighted by atomic mass is 19.1. The first-order valence-electron chi connectivity index (χ1n) is 9.10. The molecular formula is C20H29FN2O4. The fourth-order valence-corrected chi connectivity index (χ4v) is 3.83. The predicted octanol–water partition coefficient (Wildman–Crippen LogP) is 3.29. The van der Waals surface area contributed by atoms with Crippen LogP contribution in [0.5, 0.6) is 0 Å². The molecule has 7 heteroatoms. The van der Waals surface area contributed by atoms with Crippen molar-refractivity contribution in [2.24, 2.45) is 0 Å². The summed E-state index contributed by atoms with van der Waals surface area (Å²) < 4.78 is 26.2. The van der Waals surface area contributed by atoms with E-state index in [0.29, 0.717) is 19.2 Å². The number of nitrogens with zero attached hydrogens (tertiary/aromatic N) is 2. The Labute approximate surface area is 159 Å². The fraction of sp³-hybridized carbons (Fsp3) is 0.600. The average Bonchev–Trinajstić information content (AvgIpc) is 3.30. The molecule has 2 bridgehead atoms. The van der Waals surface area contributed by atoms with Gasteiger partial charge in [-0.2, -0.15) is 0 Å². The van der Waals surface area contributed by atoms with E-state index in [1.807, 2.05) is 13.1 Å². The van der Waals surface area contributed by atoms with Crippen LogP contribution in [0.1, 0.15) is 51.6 Å². The van der Waals surface area contributed by atoms with E-state index in [9.17, 15) is 9.18 Å². The number of aromatic nitrogens is 2. The van der Waals surface area contributed by atoms with Gasteiger partial charge in [0.15, 0.2) is 12.0 Å². The van der Waals surface area contributed by atoms with Crippen LogP contribution in [0.15, 0.2) is 23.9 Å². The summed E-state index contributed by atoms with van der Waals surface area (Å²) in [4.78, 5) is 16.1. The zero-order valence-electron chi connectivity index (χ0n) is 16.7. The largest absolute Gasteiger partial charge is 0.488 e. The zero-order valence-corrected chi connectivity index (χ0v) is 16.7. The predicted molar refractivity (Wildman–Crippen MR) is 101 cm³/mol. The molecule has 2 atom stereocenters. The van der Waals surface area contributed by atoms with Crippen molar-refractivity contribution in [3.63, 3.8) is 0 Å². The van der Waals surface area contributed by atoms with Gasteiger partial charge in [-0.1, -0.05) is 0 Å². The number of halogens is 1. The molecule has 1 saturated heterocycles. The van der Waals surface area contributed by atoms with Crippen LogP contribution in [-0.2, 0) is 19.7 Å². The first-order chi connectivity index (χ1) is 12.8. The van der Waals surface area contributed by atoms with Crippen molar-refractivity contribution in [2.75, 3.05) is 13.7 Å². The maximum Gasteiger partial charge on any atom is 0.159 e.